The Kier molecular flexibility index (Phi) is 3.14. The zero-order valence-electron chi connectivity index (χ0n) is 9.96. The topological polar surface area (TPSA) is 35.8 Å². The third kappa shape index (κ3) is 2.19. The lowest BCUT2D eigenvalue weighted by molar-refractivity contribution is 0.637. The van der Waals surface area contributed by atoms with Crippen molar-refractivity contribution in [2.24, 2.45) is 0 Å². The van der Waals surface area contributed by atoms with Gasteiger partial charge in [0.15, 0.2) is 0 Å². The first kappa shape index (κ1) is 11.0. The fourth-order valence-corrected chi connectivity index (χ4v) is 2.37. The standard InChI is InChI=1S/C14H18N2/c1-10(2)16-13-6-7-14-11(8-13)4-3-5-12(14)9-15/h6-8,10,12,16H,3-5H2,1-2H3. The Morgan fingerprint density at radius 3 is 2.94 bits per heavy atom. The smallest absolute Gasteiger partial charge is 0.0715 e. The number of aryl methyl sites for hydroxylation is 1. The van der Waals surface area contributed by atoms with E-state index >= 15 is 0 Å². The monoisotopic (exact) mass is 214 g/mol. The van der Waals surface area contributed by atoms with Crippen LogP contribution in [-0.2, 0) is 6.42 Å². The summed E-state index contributed by atoms with van der Waals surface area (Å²) in [4.78, 5) is 0. The van der Waals surface area contributed by atoms with Crippen LogP contribution in [0.25, 0.3) is 0 Å². The molecule has 1 unspecified atom stereocenters. The zero-order chi connectivity index (χ0) is 11.5. The molecule has 0 radical (unpaired) electrons. The Bertz CT molecular complexity index is 415. The van der Waals surface area contributed by atoms with Crippen molar-refractivity contribution < 1.29 is 0 Å². The van der Waals surface area contributed by atoms with Crippen molar-refractivity contribution in [2.45, 2.75) is 45.1 Å². The van der Waals surface area contributed by atoms with Crippen LogP contribution in [0.2, 0.25) is 0 Å². The highest BCUT2D eigenvalue weighted by Crippen LogP contribution is 2.32. The third-order valence-corrected chi connectivity index (χ3v) is 3.07. The maximum absolute atomic E-state index is 9.09. The van der Waals surface area contributed by atoms with E-state index in [2.05, 4.69) is 43.4 Å². The quantitative estimate of drug-likeness (QED) is 0.818. The SMILES string of the molecule is CC(C)Nc1ccc2c(c1)CCCC2C#N. The van der Waals surface area contributed by atoms with E-state index in [0.29, 0.717) is 6.04 Å². The van der Waals surface area contributed by atoms with Gasteiger partial charge in [-0.25, -0.2) is 0 Å². The van der Waals surface area contributed by atoms with Crippen molar-refractivity contribution >= 4 is 5.69 Å². The molecule has 1 aliphatic rings. The van der Waals surface area contributed by atoms with Crippen molar-refractivity contribution in [3.63, 3.8) is 0 Å². The van der Waals surface area contributed by atoms with Gasteiger partial charge in [-0.15, -0.1) is 0 Å². The van der Waals surface area contributed by atoms with Crippen LogP contribution in [0.5, 0.6) is 0 Å². The van der Waals surface area contributed by atoms with Crippen LogP contribution in [0.3, 0.4) is 0 Å². The number of anilines is 1. The highest BCUT2D eigenvalue weighted by atomic mass is 14.9. The molecular formula is C14H18N2. The molecule has 1 atom stereocenters. The third-order valence-electron chi connectivity index (χ3n) is 3.07. The van der Waals surface area contributed by atoms with Gasteiger partial charge in [0.2, 0.25) is 0 Å². The van der Waals surface area contributed by atoms with E-state index in [1.807, 2.05) is 0 Å². The normalized spacial score (nSPS) is 19.0. The number of hydrogen-bond acceptors (Lipinski definition) is 2. The second-order valence-corrected chi connectivity index (χ2v) is 4.79. The van der Waals surface area contributed by atoms with E-state index in [1.54, 1.807) is 0 Å². The molecule has 84 valence electrons. The molecule has 2 heteroatoms. The Hall–Kier alpha value is -1.49. The fraction of sp³-hybridized carbons (Fsp3) is 0.500. The molecule has 0 heterocycles. The zero-order valence-corrected chi connectivity index (χ0v) is 9.96. The lowest BCUT2D eigenvalue weighted by Gasteiger charge is -2.21. The molecule has 16 heavy (non-hydrogen) atoms. The van der Waals surface area contributed by atoms with Crippen LogP contribution in [0.15, 0.2) is 18.2 Å². The van der Waals surface area contributed by atoms with Gasteiger partial charge in [-0.3, -0.25) is 0 Å². The molecule has 0 aromatic heterocycles. The second kappa shape index (κ2) is 4.57. The summed E-state index contributed by atoms with van der Waals surface area (Å²) in [5.41, 5.74) is 3.76. The maximum atomic E-state index is 9.09. The van der Waals surface area contributed by atoms with E-state index in [4.69, 9.17) is 5.26 Å². The van der Waals surface area contributed by atoms with Gasteiger partial charge in [0, 0.05) is 11.7 Å². The molecule has 0 fully saturated rings. The molecule has 0 aliphatic heterocycles. The minimum atomic E-state index is 0.108. The van der Waals surface area contributed by atoms with Crippen molar-refractivity contribution in [2.75, 3.05) is 5.32 Å². The number of nitrogens with one attached hydrogen (secondary N) is 1. The largest absolute Gasteiger partial charge is 0.383 e. The summed E-state index contributed by atoms with van der Waals surface area (Å²) in [6.45, 7) is 4.27. The maximum Gasteiger partial charge on any atom is 0.0715 e. The molecule has 2 rings (SSSR count). The molecule has 1 aliphatic carbocycles. The lowest BCUT2D eigenvalue weighted by Crippen LogP contribution is -2.12. The Balaban J connectivity index is 2.29. The first-order valence-electron chi connectivity index (χ1n) is 5.99. The molecular weight excluding hydrogens is 196 g/mol. The minimum Gasteiger partial charge on any atom is -0.383 e. The average molecular weight is 214 g/mol. The van der Waals surface area contributed by atoms with Gasteiger partial charge < -0.3 is 5.32 Å². The van der Waals surface area contributed by atoms with Crippen molar-refractivity contribution in [1.29, 1.82) is 5.26 Å². The molecule has 1 aromatic carbocycles. The van der Waals surface area contributed by atoms with Crippen LogP contribution < -0.4 is 5.32 Å². The summed E-state index contributed by atoms with van der Waals surface area (Å²) >= 11 is 0. The summed E-state index contributed by atoms with van der Waals surface area (Å²) in [5, 5.41) is 12.5. The minimum absolute atomic E-state index is 0.108. The Morgan fingerprint density at radius 1 is 1.44 bits per heavy atom. The van der Waals surface area contributed by atoms with Gasteiger partial charge in [0.05, 0.1) is 12.0 Å². The molecule has 0 saturated carbocycles. The number of fused-ring (bicyclic) bond motifs is 1. The summed E-state index contributed by atoms with van der Waals surface area (Å²) < 4.78 is 0. The van der Waals surface area contributed by atoms with E-state index in [-0.39, 0.29) is 5.92 Å². The predicted molar refractivity (Wildman–Crippen MR) is 66.5 cm³/mol. The Morgan fingerprint density at radius 2 is 2.25 bits per heavy atom. The first-order chi connectivity index (χ1) is 7.70. The van der Waals surface area contributed by atoms with Gasteiger partial charge >= 0.3 is 0 Å². The Labute approximate surface area is 97.3 Å². The molecule has 0 saturated heterocycles. The molecule has 0 amide bonds. The number of hydrogen-bond donors (Lipinski definition) is 1. The van der Waals surface area contributed by atoms with Gasteiger partial charge in [0.1, 0.15) is 0 Å². The molecule has 2 nitrogen and oxygen atoms in total. The summed E-state index contributed by atoms with van der Waals surface area (Å²) in [6, 6.07) is 9.27. The number of benzene rings is 1. The van der Waals surface area contributed by atoms with Gasteiger partial charge in [-0.1, -0.05) is 6.07 Å². The molecule has 1 aromatic rings. The fourth-order valence-electron chi connectivity index (χ4n) is 2.37. The summed E-state index contributed by atoms with van der Waals surface area (Å²) in [6.07, 6.45) is 3.26. The van der Waals surface area contributed by atoms with E-state index in [0.717, 1.165) is 19.3 Å². The van der Waals surface area contributed by atoms with Crippen molar-refractivity contribution in [3.05, 3.63) is 29.3 Å². The van der Waals surface area contributed by atoms with Crippen LogP contribution in [-0.4, -0.2) is 6.04 Å². The highest BCUT2D eigenvalue weighted by molar-refractivity contribution is 5.51. The predicted octanol–water partition coefficient (Wildman–Crippen LogP) is 3.45. The highest BCUT2D eigenvalue weighted by Gasteiger charge is 2.19. The van der Waals surface area contributed by atoms with Crippen LogP contribution in [0.1, 0.15) is 43.7 Å². The number of rotatable bonds is 2. The van der Waals surface area contributed by atoms with Crippen molar-refractivity contribution in [3.8, 4) is 6.07 Å². The van der Waals surface area contributed by atoms with E-state index in [1.165, 1.54) is 16.8 Å². The average Bonchev–Trinajstić information content (AvgIpc) is 2.27. The van der Waals surface area contributed by atoms with Gasteiger partial charge in [-0.05, 0) is 56.4 Å². The molecule has 0 spiro atoms. The van der Waals surface area contributed by atoms with Gasteiger partial charge in [0.25, 0.3) is 0 Å². The molecule has 1 N–H and O–H groups in total. The number of nitrogens with zero attached hydrogens (tertiary/aromatic N) is 1. The lowest BCUT2D eigenvalue weighted by atomic mass is 9.83. The van der Waals surface area contributed by atoms with Crippen LogP contribution in [0, 0.1) is 11.3 Å². The van der Waals surface area contributed by atoms with E-state index in [9.17, 15) is 0 Å². The van der Waals surface area contributed by atoms with E-state index < -0.39 is 0 Å². The van der Waals surface area contributed by atoms with Crippen LogP contribution >= 0.6 is 0 Å². The summed E-state index contributed by atoms with van der Waals surface area (Å²) in [7, 11) is 0. The van der Waals surface area contributed by atoms with Gasteiger partial charge in [-0.2, -0.15) is 5.26 Å². The second-order valence-electron chi connectivity index (χ2n) is 4.79. The first-order valence-corrected chi connectivity index (χ1v) is 5.99. The number of nitriles is 1. The summed E-state index contributed by atoms with van der Waals surface area (Å²) in [5.74, 6) is 0.108. The molecule has 0 bridgehead atoms. The van der Waals surface area contributed by atoms with Crippen molar-refractivity contribution in [1.82, 2.24) is 0 Å². The van der Waals surface area contributed by atoms with Crippen LogP contribution in [0.4, 0.5) is 5.69 Å².